The Balaban J connectivity index is 1.36. The molecule has 2 N–H and O–H groups in total. The van der Waals surface area contributed by atoms with Crippen LogP contribution in [0, 0.1) is 0 Å². The number of sulfonamides is 1. The van der Waals surface area contributed by atoms with Crippen LogP contribution in [-0.2, 0) is 21.2 Å². The fourth-order valence-corrected chi connectivity index (χ4v) is 4.76. The topological polar surface area (TPSA) is 111 Å². The summed E-state index contributed by atoms with van der Waals surface area (Å²) in [5.74, 6) is 1.40. The van der Waals surface area contributed by atoms with Gasteiger partial charge in [0, 0.05) is 24.6 Å². The molecular weight excluding hydrogens is 432 g/mol. The van der Waals surface area contributed by atoms with Gasteiger partial charge in [-0.1, -0.05) is 23.4 Å². The Morgan fingerprint density at radius 1 is 1.12 bits per heavy atom. The molecule has 3 atom stereocenters. The number of rotatable bonds is 8. The van der Waals surface area contributed by atoms with Crippen molar-refractivity contribution in [1.29, 1.82) is 0 Å². The van der Waals surface area contributed by atoms with Crippen molar-refractivity contribution >= 4 is 10.0 Å². The minimum Gasteiger partial charge on any atom is -0.497 e. The van der Waals surface area contributed by atoms with Crippen molar-refractivity contribution in [3.05, 3.63) is 66.4 Å². The number of ether oxygens (including phenoxy) is 2. The van der Waals surface area contributed by atoms with Gasteiger partial charge < -0.3 is 19.1 Å². The maximum atomic E-state index is 12.5. The van der Waals surface area contributed by atoms with Crippen molar-refractivity contribution < 1.29 is 27.5 Å². The van der Waals surface area contributed by atoms with Gasteiger partial charge >= 0.3 is 0 Å². The normalized spacial score (nSPS) is 21.4. The van der Waals surface area contributed by atoms with Crippen molar-refractivity contribution in [2.75, 3.05) is 13.7 Å². The van der Waals surface area contributed by atoms with Crippen LogP contribution < -0.4 is 9.46 Å². The van der Waals surface area contributed by atoms with Crippen LogP contribution in [0.5, 0.6) is 5.75 Å². The third kappa shape index (κ3) is 5.36. The van der Waals surface area contributed by atoms with Gasteiger partial charge in [-0.05, 0) is 49.2 Å². The van der Waals surface area contributed by atoms with Crippen molar-refractivity contribution in [3.8, 4) is 17.1 Å². The van der Waals surface area contributed by atoms with Gasteiger partial charge in [-0.2, -0.15) is 0 Å². The first-order valence-electron chi connectivity index (χ1n) is 10.4. The van der Waals surface area contributed by atoms with Gasteiger partial charge in [0.15, 0.2) is 5.76 Å². The largest absolute Gasteiger partial charge is 0.497 e. The number of nitrogens with zero attached hydrogens (tertiary/aromatic N) is 1. The molecular formula is C23H26N2O6S. The molecule has 2 aromatic carbocycles. The lowest BCUT2D eigenvalue weighted by Gasteiger charge is -2.33. The average Bonchev–Trinajstić information content (AvgIpc) is 3.28. The quantitative estimate of drug-likeness (QED) is 0.534. The zero-order valence-corrected chi connectivity index (χ0v) is 18.5. The number of hydrogen-bond acceptors (Lipinski definition) is 7. The molecule has 1 aliphatic heterocycles. The molecule has 1 fully saturated rings. The van der Waals surface area contributed by atoms with Crippen LogP contribution in [0.3, 0.4) is 0 Å². The van der Waals surface area contributed by atoms with Gasteiger partial charge in [-0.25, -0.2) is 13.1 Å². The molecule has 1 aromatic heterocycles. The predicted molar refractivity (Wildman–Crippen MR) is 118 cm³/mol. The second kappa shape index (κ2) is 9.83. The molecule has 2 heterocycles. The molecule has 9 heteroatoms. The maximum Gasteiger partial charge on any atom is 0.240 e. The molecule has 0 radical (unpaired) electrons. The van der Waals surface area contributed by atoms with E-state index in [1.807, 2.05) is 30.3 Å². The lowest BCUT2D eigenvalue weighted by atomic mass is 9.98. The molecule has 1 aliphatic rings. The number of aromatic nitrogens is 1. The molecule has 8 nitrogen and oxygen atoms in total. The molecule has 1 saturated heterocycles. The van der Waals surface area contributed by atoms with Crippen molar-refractivity contribution in [1.82, 2.24) is 9.88 Å². The Morgan fingerprint density at radius 2 is 1.88 bits per heavy atom. The Labute approximate surface area is 187 Å². The molecule has 3 aromatic rings. The first-order valence-corrected chi connectivity index (χ1v) is 11.9. The van der Waals surface area contributed by atoms with Crippen LogP contribution in [0.25, 0.3) is 11.3 Å². The van der Waals surface area contributed by atoms with E-state index < -0.39 is 22.2 Å². The fraction of sp³-hybridized carbons (Fsp3) is 0.348. The summed E-state index contributed by atoms with van der Waals surface area (Å²) in [7, 11) is -2.06. The Kier molecular flexibility index (Phi) is 6.90. The first-order chi connectivity index (χ1) is 15.4. The first kappa shape index (κ1) is 22.5. The summed E-state index contributed by atoms with van der Waals surface area (Å²) in [6.07, 6.45) is 0.101. The van der Waals surface area contributed by atoms with E-state index in [1.165, 1.54) is 12.1 Å². The smallest absolute Gasteiger partial charge is 0.240 e. The van der Waals surface area contributed by atoms with Crippen LogP contribution >= 0.6 is 0 Å². The van der Waals surface area contributed by atoms with Gasteiger partial charge in [0.1, 0.15) is 5.75 Å². The number of nitrogens with one attached hydrogen (secondary N) is 1. The van der Waals surface area contributed by atoms with Gasteiger partial charge in [0.25, 0.3) is 0 Å². The van der Waals surface area contributed by atoms with Crippen LogP contribution in [-0.4, -0.2) is 50.6 Å². The zero-order chi connectivity index (χ0) is 22.6. The summed E-state index contributed by atoms with van der Waals surface area (Å²) >= 11 is 0. The molecule has 0 spiro atoms. The summed E-state index contributed by atoms with van der Waals surface area (Å²) in [6.45, 7) is -0.00912. The average molecular weight is 459 g/mol. The Hall–Kier alpha value is -2.72. The summed E-state index contributed by atoms with van der Waals surface area (Å²) in [6, 6.07) is 17.5. The molecule has 4 rings (SSSR count). The van der Waals surface area contributed by atoms with E-state index in [0.717, 1.165) is 17.0 Å². The third-order valence-corrected chi connectivity index (χ3v) is 6.92. The maximum absolute atomic E-state index is 12.5. The van der Waals surface area contributed by atoms with Crippen LogP contribution in [0.15, 0.2) is 70.1 Å². The van der Waals surface area contributed by atoms with Crippen LogP contribution in [0.1, 0.15) is 18.5 Å². The van der Waals surface area contributed by atoms with E-state index in [1.54, 1.807) is 25.3 Å². The Bertz CT molecular complexity index is 1110. The van der Waals surface area contributed by atoms with Gasteiger partial charge in [0.05, 0.1) is 36.0 Å². The second-order valence-corrected chi connectivity index (χ2v) is 9.49. The summed E-state index contributed by atoms with van der Waals surface area (Å²) in [5.41, 5.74) is 1.62. The predicted octanol–water partition coefficient (Wildman–Crippen LogP) is 2.78. The molecule has 0 amide bonds. The van der Waals surface area contributed by atoms with E-state index in [9.17, 15) is 13.5 Å². The summed E-state index contributed by atoms with van der Waals surface area (Å²) in [4.78, 5) is 0.176. The molecule has 0 unspecified atom stereocenters. The van der Waals surface area contributed by atoms with Gasteiger partial charge in [-0.3, -0.25) is 0 Å². The lowest BCUT2D eigenvalue weighted by Crippen LogP contribution is -2.46. The summed E-state index contributed by atoms with van der Waals surface area (Å²) < 4.78 is 44.1. The summed E-state index contributed by atoms with van der Waals surface area (Å²) in [5, 5.41) is 14.4. The molecule has 0 bridgehead atoms. The van der Waals surface area contributed by atoms with E-state index in [-0.39, 0.29) is 17.5 Å². The lowest BCUT2D eigenvalue weighted by molar-refractivity contribution is -0.113. The van der Waals surface area contributed by atoms with E-state index in [2.05, 4.69) is 9.88 Å². The van der Waals surface area contributed by atoms with Crippen molar-refractivity contribution in [3.63, 3.8) is 0 Å². The van der Waals surface area contributed by atoms with Gasteiger partial charge in [-0.15, -0.1) is 0 Å². The molecule has 170 valence electrons. The minimum absolute atomic E-state index is 0.00912. The zero-order valence-electron chi connectivity index (χ0n) is 17.7. The number of aliphatic hydroxyl groups is 1. The highest BCUT2D eigenvalue weighted by Crippen LogP contribution is 2.26. The second-order valence-electron chi connectivity index (χ2n) is 7.72. The van der Waals surface area contributed by atoms with Crippen molar-refractivity contribution in [2.24, 2.45) is 0 Å². The van der Waals surface area contributed by atoms with E-state index in [4.69, 9.17) is 14.0 Å². The third-order valence-electron chi connectivity index (χ3n) is 5.48. The van der Waals surface area contributed by atoms with Crippen LogP contribution in [0.4, 0.5) is 0 Å². The minimum atomic E-state index is -3.67. The van der Waals surface area contributed by atoms with Crippen LogP contribution in [0.2, 0.25) is 0 Å². The van der Waals surface area contributed by atoms with E-state index >= 15 is 0 Å². The SMILES string of the molecule is COc1ccc(-c2cc(C[C@@H]3CC[C@H](O)[C@@H](CNS(=O)(=O)c4ccccc4)O3)no2)cc1. The number of methoxy groups -OCH3 is 1. The molecule has 0 saturated carbocycles. The van der Waals surface area contributed by atoms with E-state index in [0.29, 0.717) is 25.0 Å². The monoisotopic (exact) mass is 458 g/mol. The highest BCUT2D eigenvalue weighted by atomic mass is 32.2. The Morgan fingerprint density at radius 3 is 2.59 bits per heavy atom. The fourth-order valence-electron chi connectivity index (χ4n) is 3.69. The molecule has 32 heavy (non-hydrogen) atoms. The highest BCUT2D eigenvalue weighted by Gasteiger charge is 2.31. The van der Waals surface area contributed by atoms with Crippen molar-refractivity contribution in [2.45, 2.75) is 42.5 Å². The van der Waals surface area contributed by atoms with Gasteiger partial charge in [0.2, 0.25) is 10.0 Å². The number of aliphatic hydroxyl groups excluding tert-OH is 1. The standard InChI is InChI=1S/C23H26N2O6S/c1-29-18-9-7-16(8-10-18)22-14-17(25-31-22)13-19-11-12-21(26)23(30-19)15-24-32(27,28)20-5-3-2-4-6-20/h2-10,14,19,21,23-24,26H,11-13,15H2,1H3/t19-,21-,23+/m0/s1. The number of hydrogen-bond donors (Lipinski definition) is 2. The highest BCUT2D eigenvalue weighted by molar-refractivity contribution is 7.89. The number of benzene rings is 2. The molecule has 0 aliphatic carbocycles.